The van der Waals surface area contributed by atoms with Gasteiger partial charge in [-0.1, -0.05) is 0 Å². The Morgan fingerprint density at radius 3 is 1.93 bits per heavy atom. The van der Waals surface area contributed by atoms with Crippen LogP contribution in [0.15, 0.2) is 52.3 Å². The quantitative estimate of drug-likeness (QED) is 0.616. The van der Waals surface area contributed by atoms with Crippen molar-refractivity contribution in [2.75, 3.05) is 33.0 Å². The van der Waals surface area contributed by atoms with E-state index in [0.29, 0.717) is 0 Å². The summed E-state index contributed by atoms with van der Waals surface area (Å²) in [6, 6.07) is 8.35. The lowest BCUT2D eigenvalue weighted by Crippen LogP contribution is -2.22. The molecule has 162 valence electrons. The molecule has 10 nitrogen and oxygen atoms in total. The van der Waals surface area contributed by atoms with Gasteiger partial charge in [-0.05, 0) is 42.5 Å². The Bertz CT molecular complexity index is 1170. The Morgan fingerprint density at radius 1 is 0.867 bits per heavy atom. The molecule has 0 saturated carbocycles. The fourth-order valence-electron chi connectivity index (χ4n) is 2.38. The van der Waals surface area contributed by atoms with Crippen molar-refractivity contribution in [1.82, 2.24) is 4.31 Å². The fraction of sp³-hybridized carbons (Fsp3) is 0.222. The molecular formula is C18H20N2O8S2. The molecule has 2 aromatic rings. The van der Waals surface area contributed by atoms with Crippen molar-refractivity contribution in [1.29, 1.82) is 0 Å². The zero-order valence-corrected chi connectivity index (χ0v) is 18.2. The lowest BCUT2D eigenvalue weighted by atomic mass is 10.1. The monoisotopic (exact) mass is 456 g/mol. The Balaban J connectivity index is 2.48. The van der Waals surface area contributed by atoms with Crippen molar-refractivity contribution >= 4 is 37.7 Å². The van der Waals surface area contributed by atoms with Crippen molar-refractivity contribution in [2.45, 2.75) is 9.79 Å². The van der Waals surface area contributed by atoms with Gasteiger partial charge in [-0.15, -0.1) is 0 Å². The maximum Gasteiger partial charge on any atom is 0.339 e. The molecule has 0 aliphatic heterocycles. The zero-order valence-electron chi connectivity index (χ0n) is 16.6. The SMILES string of the molecule is COC(=O)c1ccc(C(=O)OC)c(S(=O)(=O)Nc2ccc(S(=O)(=O)N(C)C)cc2)c1. The van der Waals surface area contributed by atoms with E-state index >= 15 is 0 Å². The van der Waals surface area contributed by atoms with Crippen LogP contribution in [-0.4, -0.2) is 61.4 Å². The Kier molecular flexibility index (Phi) is 6.85. The highest BCUT2D eigenvalue weighted by Crippen LogP contribution is 2.24. The summed E-state index contributed by atoms with van der Waals surface area (Å²) >= 11 is 0. The predicted octanol–water partition coefficient (Wildman–Crippen LogP) is 1.31. The number of benzene rings is 2. The summed E-state index contributed by atoms with van der Waals surface area (Å²) in [5.74, 6) is -1.71. The van der Waals surface area contributed by atoms with Gasteiger partial charge in [0, 0.05) is 19.8 Å². The number of nitrogens with zero attached hydrogens (tertiary/aromatic N) is 1. The smallest absolute Gasteiger partial charge is 0.339 e. The highest BCUT2D eigenvalue weighted by Gasteiger charge is 2.26. The van der Waals surface area contributed by atoms with Gasteiger partial charge in [0.25, 0.3) is 10.0 Å². The molecule has 0 aromatic heterocycles. The Labute approximate surface area is 174 Å². The van der Waals surface area contributed by atoms with Crippen LogP contribution in [0.5, 0.6) is 0 Å². The summed E-state index contributed by atoms with van der Waals surface area (Å²) in [6.07, 6.45) is 0. The number of sulfonamides is 2. The largest absolute Gasteiger partial charge is 0.465 e. The lowest BCUT2D eigenvalue weighted by Gasteiger charge is -2.14. The van der Waals surface area contributed by atoms with Crippen molar-refractivity contribution in [3.8, 4) is 0 Å². The van der Waals surface area contributed by atoms with Gasteiger partial charge >= 0.3 is 11.9 Å². The first-order valence-corrected chi connectivity index (χ1v) is 11.2. The number of hydrogen-bond donors (Lipinski definition) is 1. The van der Waals surface area contributed by atoms with Crippen LogP contribution in [0, 0.1) is 0 Å². The van der Waals surface area contributed by atoms with E-state index in [1.54, 1.807) is 0 Å². The van der Waals surface area contributed by atoms with Gasteiger partial charge in [-0.25, -0.2) is 30.7 Å². The first kappa shape index (κ1) is 23.3. The van der Waals surface area contributed by atoms with E-state index in [0.717, 1.165) is 30.7 Å². The normalized spacial score (nSPS) is 11.8. The summed E-state index contributed by atoms with van der Waals surface area (Å²) in [5.41, 5.74) is -0.325. The van der Waals surface area contributed by atoms with E-state index in [4.69, 9.17) is 0 Å². The first-order valence-electron chi connectivity index (χ1n) is 8.30. The molecule has 2 rings (SSSR count). The van der Waals surface area contributed by atoms with E-state index in [1.807, 2.05) is 0 Å². The van der Waals surface area contributed by atoms with Crippen LogP contribution in [0.1, 0.15) is 20.7 Å². The topological polar surface area (TPSA) is 136 Å². The zero-order chi connectivity index (χ0) is 22.7. The molecule has 30 heavy (non-hydrogen) atoms. The van der Waals surface area contributed by atoms with E-state index in [2.05, 4.69) is 14.2 Å². The molecule has 0 radical (unpaired) electrons. The minimum Gasteiger partial charge on any atom is -0.465 e. The summed E-state index contributed by atoms with van der Waals surface area (Å²) in [6.45, 7) is 0. The van der Waals surface area contributed by atoms with Crippen LogP contribution in [0.3, 0.4) is 0 Å². The first-order chi connectivity index (χ1) is 13.9. The van der Waals surface area contributed by atoms with Crippen LogP contribution in [0.4, 0.5) is 5.69 Å². The standard InChI is InChI=1S/C18H20N2O8S2/c1-20(2)30(25,26)14-8-6-13(7-9-14)19-29(23,24)16-11-12(17(21)27-3)5-10-15(16)18(22)28-4/h5-11,19H,1-4H3. The number of rotatable bonds is 7. The van der Waals surface area contributed by atoms with Gasteiger partial charge in [0.15, 0.2) is 0 Å². The van der Waals surface area contributed by atoms with Gasteiger partial charge in [-0.2, -0.15) is 0 Å². The number of anilines is 1. The summed E-state index contributed by atoms with van der Waals surface area (Å²) in [7, 11) is -3.07. The summed E-state index contributed by atoms with van der Waals surface area (Å²) in [4.78, 5) is 23.2. The van der Waals surface area contributed by atoms with Crippen molar-refractivity contribution in [3.05, 3.63) is 53.6 Å². The minimum absolute atomic E-state index is 0.0293. The fourth-order valence-corrected chi connectivity index (χ4v) is 4.56. The number of carbonyl (C=O) groups is 2. The molecular weight excluding hydrogens is 436 g/mol. The second kappa shape index (κ2) is 8.81. The molecule has 0 unspecified atom stereocenters. The average Bonchev–Trinajstić information content (AvgIpc) is 2.72. The van der Waals surface area contributed by atoms with Crippen molar-refractivity contribution < 1.29 is 35.9 Å². The number of hydrogen-bond acceptors (Lipinski definition) is 8. The van der Waals surface area contributed by atoms with E-state index in [-0.39, 0.29) is 21.7 Å². The van der Waals surface area contributed by atoms with Gasteiger partial charge in [0.2, 0.25) is 10.0 Å². The van der Waals surface area contributed by atoms with Gasteiger partial charge < -0.3 is 9.47 Å². The van der Waals surface area contributed by atoms with Crippen LogP contribution >= 0.6 is 0 Å². The third kappa shape index (κ3) is 4.78. The van der Waals surface area contributed by atoms with Crippen LogP contribution < -0.4 is 4.72 Å². The predicted molar refractivity (Wildman–Crippen MR) is 107 cm³/mol. The minimum atomic E-state index is -4.35. The number of esters is 2. The maximum atomic E-state index is 12.9. The van der Waals surface area contributed by atoms with Gasteiger partial charge in [0.05, 0.1) is 30.2 Å². The molecule has 0 aliphatic carbocycles. The summed E-state index contributed by atoms with van der Waals surface area (Å²) in [5, 5.41) is 0. The van der Waals surface area contributed by atoms with Crippen molar-refractivity contribution in [2.24, 2.45) is 0 Å². The van der Waals surface area contributed by atoms with E-state index in [9.17, 15) is 26.4 Å². The molecule has 0 saturated heterocycles. The van der Waals surface area contributed by atoms with Gasteiger partial charge in [0.1, 0.15) is 4.90 Å². The number of carbonyl (C=O) groups excluding carboxylic acids is 2. The molecule has 0 heterocycles. The highest BCUT2D eigenvalue weighted by molar-refractivity contribution is 7.92. The molecule has 0 atom stereocenters. The Morgan fingerprint density at radius 2 is 1.43 bits per heavy atom. The van der Waals surface area contributed by atoms with Crippen molar-refractivity contribution in [3.63, 3.8) is 0 Å². The molecule has 0 bridgehead atoms. The number of methoxy groups -OCH3 is 2. The molecule has 0 aliphatic rings. The molecule has 12 heteroatoms. The highest BCUT2D eigenvalue weighted by atomic mass is 32.2. The number of ether oxygens (including phenoxy) is 2. The Hall–Kier alpha value is -2.96. The molecule has 0 amide bonds. The third-order valence-corrected chi connectivity index (χ3v) is 7.23. The lowest BCUT2D eigenvalue weighted by molar-refractivity contribution is 0.0583. The molecule has 0 fully saturated rings. The van der Waals surface area contributed by atoms with Crippen LogP contribution in [0.25, 0.3) is 0 Å². The summed E-state index contributed by atoms with van der Waals surface area (Å²) < 4.78 is 62.5. The molecule has 0 spiro atoms. The second-order valence-corrected chi connectivity index (χ2v) is 9.91. The number of nitrogens with one attached hydrogen (secondary N) is 1. The van der Waals surface area contributed by atoms with Crippen LogP contribution in [0.2, 0.25) is 0 Å². The van der Waals surface area contributed by atoms with E-state index in [1.165, 1.54) is 44.4 Å². The average molecular weight is 456 g/mol. The van der Waals surface area contributed by atoms with E-state index < -0.39 is 36.9 Å². The third-order valence-electron chi connectivity index (χ3n) is 3.98. The maximum absolute atomic E-state index is 12.9. The second-order valence-electron chi connectivity index (χ2n) is 6.11. The van der Waals surface area contributed by atoms with Gasteiger partial charge in [-0.3, -0.25) is 4.72 Å². The van der Waals surface area contributed by atoms with Crippen LogP contribution in [-0.2, 0) is 29.5 Å². The molecule has 2 aromatic carbocycles. The molecule has 1 N–H and O–H groups in total.